The van der Waals surface area contributed by atoms with E-state index in [9.17, 15) is 14.4 Å². The van der Waals surface area contributed by atoms with Gasteiger partial charge >= 0.3 is 0 Å². The van der Waals surface area contributed by atoms with E-state index in [1.807, 2.05) is 13.0 Å². The molecule has 1 N–H and O–H groups in total. The highest BCUT2D eigenvalue weighted by Crippen LogP contribution is 2.35. The second-order valence-corrected chi connectivity index (χ2v) is 7.63. The smallest absolute Gasteiger partial charge is 0.266 e. The molecule has 0 aromatic heterocycles. The predicted molar refractivity (Wildman–Crippen MR) is 127 cm³/mol. The molecule has 0 heterocycles. The Balaban J connectivity index is 1.76. The van der Waals surface area contributed by atoms with Gasteiger partial charge in [-0.05, 0) is 60.5 Å². The maximum absolute atomic E-state index is 13.3. The average Bonchev–Trinajstić information content (AvgIpc) is 2.77. The quantitative estimate of drug-likeness (QED) is 0.286. The van der Waals surface area contributed by atoms with Crippen LogP contribution in [0.3, 0.4) is 0 Å². The number of nitrogens with one attached hydrogen (secondary N) is 1. The van der Waals surface area contributed by atoms with Gasteiger partial charge in [-0.25, -0.2) is 4.39 Å². The van der Waals surface area contributed by atoms with Crippen LogP contribution in [-0.2, 0) is 11.4 Å². The van der Waals surface area contributed by atoms with E-state index < -0.39 is 5.91 Å². The summed E-state index contributed by atoms with van der Waals surface area (Å²) in [5, 5.41) is 12.5. The molecule has 0 unspecified atom stereocenters. The molecule has 3 aromatic rings. The topological polar surface area (TPSA) is 71.3 Å². The summed E-state index contributed by atoms with van der Waals surface area (Å²) in [6.45, 7) is 2.42. The van der Waals surface area contributed by atoms with Crippen molar-refractivity contribution >= 4 is 40.9 Å². The van der Waals surface area contributed by atoms with Crippen molar-refractivity contribution in [2.45, 2.75) is 13.5 Å². The summed E-state index contributed by atoms with van der Waals surface area (Å²) in [6.07, 6.45) is 1.37. The average molecular weight is 485 g/mol. The standard InChI is InChI=1S/C25H19Cl2FN2O3/c1-2-32-21-8-4-7-20(13-21)30-25(31)18(14-29)9-17-11-22(26)24(23(27)12-17)33-15-16-5-3-6-19(28)10-16/h3-13H,2,15H2,1H3,(H,30,31)/b18-9-. The molecule has 0 aliphatic carbocycles. The van der Waals surface area contributed by atoms with Crippen molar-refractivity contribution in [3.63, 3.8) is 0 Å². The van der Waals surface area contributed by atoms with Gasteiger partial charge in [0.25, 0.3) is 5.91 Å². The van der Waals surface area contributed by atoms with E-state index in [1.165, 1.54) is 30.3 Å². The fourth-order valence-electron chi connectivity index (χ4n) is 2.93. The summed E-state index contributed by atoms with van der Waals surface area (Å²) in [7, 11) is 0. The zero-order valence-corrected chi connectivity index (χ0v) is 19.1. The monoisotopic (exact) mass is 484 g/mol. The second-order valence-electron chi connectivity index (χ2n) is 6.82. The van der Waals surface area contributed by atoms with Crippen LogP contribution in [0.15, 0.2) is 66.2 Å². The van der Waals surface area contributed by atoms with E-state index >= 15 is 0 Å². The molecule has 3 aromatic carbocycles. The first-order valence-electron chi connectivity index (χ1n) is 9.92. The van der Waals surface area contributed by atoms with Crippen LogP contribution in [0, 0.1) is 17.1 Å². The molecule has 0 saturated heterocycles. The van der Waals surface area contributed by atoms with Gasteiger partial charge in [0.05, 0.1) is 16.7 Å². The van der Waals surface area contributed by atoms with E-state index in [0.29, 0.717) is 29.2 Å². The van der Waals surface area contributed by atoms with Crippen molar-refractivity contribution in [2.75, 3.05) is 11.9 Å². The first kappa shape index (κ1) is 24.1. The number of anilines is 1. The van der Waals surface area contributed by atoms with Gasteiger partial charge < -0.3 is 14.8 Å². The van der Waals surface area contributed by atoms with Gasteiger partial charge in [0, 0.05) is 11.8 Å². The fourth-order valence-corrected chi connectivity index (χ4v) is 3.54. The first-order valence-corrected chi connectivity index (χ1v) is 10.7. The van der Waals surface area contributed by atoms with Crippen molar-refractivity contribution in [3.8, 4) is 17.6 Å². The number of carbonyl (C=O) groups excluding carboxylic acids is 1. The van der Waals surface area contributed by atoms with Gasteiger partial charge in [-0.2, -0.15) is 5.26 Å². The van der Waals surface area contributed by atoms with E-state index in [0.717, 1.165) is 0 Å². The zero-order valence-electron chi connectivity index (χ0n) is 17.6. The molecule has 0 radical (unpaired) electrons. The van der Waals surface area contributed by atoms with Crippen LogP contribution in [0.25, 0.3) is 6.08 Å². The largest absolute Gasteiger partial charge is 0.494 e. The first-order chi connectivity index (χ1) is 15.9. The van der Waals surface area contributed by atoms with Crippen LogP contribution in [0.2, 0.25) is 10.0 Å². The number of halogens is 3. The van der Waals surface area contributed by atoms with Crippen molar-refractivity contribution in [2.24, 2.45) is 0 Å². The number of amides is 1. The molecule has 1 amide bonds. The van der Waals surface area contributed by atoms with Gasteiger partial charge in [-0.15, -0.1) is 0 Å². The molecule has 5 nitrogen and oxygen atoms in total. The second kappa shape index (κ2) is 11.4. The number of nitriles is 1. The molecule has 0 spiro atoms. The molecule has 0 fully saturated rings. The summed E-state index contributed by atoms with van der Waals surface area (Å²) >= 11 is 12.6. The number of carbonyl (C=O) groups is 1. The Morgan fingerprint density at radius 2 is 1.82 bits per heavy atom. The molecule has 168 valence electrons. The number of nitrogens with zero attached hydrogens (tertiary/aromatic N) is 1. The minimum absolute atomic E-state index is 0.0685. The van der Waals surface area contributed by atoms with E-state index in [-0.39, 0.29) is 33.8 Å². The Bertz CT molecular complexity index is 1220. The van der Waals surface area contributed by atoms with Crippen molar-refractivity contribution in [3.05, 3.63) is 93.2 Å². The highest BCUT2D eigenvalue weighted by molar-refractivity contribution is 6.37. The summed E-state index contributed by atoms with van der Waals surface area (Å²) in [4.78, 5) is 12.6. The van der Waals surface area contributed by atoms with Crippen molar-refractivity contribution < 1.29 is 18.7 Å². The molecule has 0 saturated carbocycles. The molecule has 0 bridgehead atoms. The number of hydrogen-bond donors (Lipinski definition) is 1. The van der Waals surface area contributed by atoms with Crippen molar-refractivity contribution in [1.82, 2.24) is 0 Å². The Hall–Kier alpha value is -3.53. The Morgan fingerprint density at radius 3 is 2.48 bits per heavy atom. The Morgan fingerprint density at radius 1 is 1.09 bits per heavy atom. The van der Waals surface area contributed by atoms with Crippen LogP contribution >= 0.6 is 23.2 Å². The number of benzene rings is 3. The lowest BCUT2D eigenvalue weighted by molar-refractivity contribution is -0.112. The molecule has 33 heavy (non-hydrogen) atoms. The van der Waals surface area contributed by atoms with Crippen LogP contribution in [0.1, 0.15) is 18.1 Å². The highest BCUT2D eigenvalue weighted by Gasteiger charge is 2.14. The van der Waals surface area contributed by atoms with Gasteiger partial charge in [0.1, 0.15) is 29.8 Å². The van der Waals surface area contributed by atoms with Crippen LogP contribution < -0.4 is 14.8 Å². The Labute approximate surface area is 201 Å². The van der Waals surface area contributed by atoms with E-state index in [4.69, 9.17) is 32.7 Å². The summed E-state index contributed by atoms with van der Waals surface area (Å²) in [5.41, 5.74) is 1.41. The van der Waals surface area contributed by atoms with Crippen molar-refractivity contribution in [1.29, 1.82) is 5.26 Å². The van der Waals surface area contributed by atoms with Gasteiger partial charge in [0.2, 0.25) is 0 Å². The predicted octanol–water partition coefficient (Wildman–Crippen LogP) is 6.66. The summed E-state index contributed by atoms with van der Waals surface area (Å²) < 4.78 is 24.4. The number of hydrogen-bond acceptors (Lipinski definition) is 4. The van der Waals surface area contributed by atoms with Gasteiger partial charge in [-0.3, -0.25) is 4.79 Å². The van der Waals surface area contributed by atoms with Gasteiger partial charge in [-0.1, -0.05) is 41.4 Å². The maximum atomic E-state index is 13.3. The number of ether oxygens (including phenoxy) is 2. The third-order valence-corrected chi connectivity index (χ3v) is 4.93. The SMILES string of the molecule is CCOc1cccc(NC(=O)/C(C#N)=C\c2cc(Cl)c(OCc3cccc(F)c3)c(Cl)c2)c1. The Kier molecular flexibility index (Phi) is 8.31. The third-order valence-electron chi connectivity index (χ3n) is 4.37. The lowest BCUT2D eigenvalue weighted by Crippen LogP contribution is -2.13. The molecule has 8 heteroatoms. The zero-order chi connectivity index (χ0) is 23.8. The normalized spacial score (nSPS) is 10.9. The van der Waals surface area contributed by atoms with Crippen LogP contribution in [0.4, 0.5) is 10.1 Å². The molecule has 0 atom stereocenters. The minimum Gasteiger partial charge on any atom is -0.494 e. The van der Waals surface area contributed by atoms with E-state index in [2.05, 4.69) is 5.32 Å². The van der Waals surface area contributed by atoms with Gasteiger partial charge in [0.15, 0.2) is 5.75 Å². The minimum atomic E-state index is -0.593. The summed E-state index contributed by atoms with van der Waals surface area (Å²) in [5.74, 6) is -0.147. The van der Waals surface area contributed by atoms with E-state index in [1.54, 1.807) is 36.4 Å². The van der Waals surface area contributed by atoms with Crippen LogP contribution in [-0.4, -0.2) is 12.5 Å². The fraction of sp³-hybridized carbons (Fsp3) is 0.120. The molecular formula is C25H19Cl2FN2O3. The molecular weight excluding hydrogens is 466 g/mol. The lowest BCUT2D eigenvalue weighted by Gasteiger charge is -2.11. The number of rotatable bonds is 8. The molecule has 0 aliphatic heterocycles. The lowest BCUT2D eigenvalue weighted by atomic mass is 10.1. The maximum Gasteiger partial charge on any atom is 0.266 e. The third kappa shape index (κ3) is 6.72. The summed E-state index contributed by atoms with van der Waals surface area (Å²) in [6, 6.07) is 17.7. The van der Waals surface area contributed by atoms with Crippen LogP contribution in [0.5, 0.6) is 11.5 Å². The highest BCUT2D eigenvalue weighted by atomic mass is 35.5. The molecule has 0 aliphatic rings. The molecule has 3 rings (SSSR count).